The molecule has 3 heterocycles. The van der Waals surface area contributed by atoms with Gasteiger partial charge in [-0.05, 0) is 81.0 Å². The molecular formula is C29H37NO4. The van der Waals surface area contributed by atoms with Crippen molar-refractivity contribution in [1.82, 2.24) is 5.32 Å². The molecule has 7 atom stereocenters. The van der Waals surface area contributed by atoms with Gasteiger partial charge < -0.3 is 19.2 Å². The zero-order chi connectivity index (χ0) is 23.3. The van der Waals surface area contributed by atoms with Gasteiger partial charge in [-0.2, -0.15) is 0 Å². The van der Waals surface area contributed by atoms with Crippen LogP contribution in [-0.2, 0) is 14.3 Å². The fourth-order valence-corrected chi connectivity index (χ4v) is 7.46. The van der Waals surface area contributed by atoms with E-state index < -0.39 is 0 Å². The summed E-state index contributed by atoms with van der Waals surface area (Å²) < 4.78 is 17.8. The number of fused-ring (bicyclic) bond motifs is 3. The van der Waals surface area contributed by atoms with E-state index in [2.05, 4.69) is 49.5 Å². The van der Waals surface area contributed by atoms with Crippen LogP contribution in [-0.4, -0.2) is 37.4 Å². The zero-order valence-electron chi connectivity index (χ0n) is 20.4. The van der Waals surface area contributed by atoms with Crippen LogP contribution in [0.2, 0.25) is 0 Å². The predicted molar refractivity (Wildman–Crippen MR) is 129 cm³/mol. The number of benzene rings is 1. The van der Waals surface area contributed by atoms with E-state index in [1.54, 1.807) is 6.26 Å². The first-order valence-electron chi connectivity index (χ1n) is 13.1. The number of ether oxygens (including phenoxy) is 2. The number of rotatable bonds is 7. The van der Waals surface area contributed by atoms with Crippen molar-refractivity contribution < 1.29 is 18.7 Å². The monoisotopic (exact) mass is 463 g/mol. The lowest BCUT2D eigenvalue weighted by Gasteiger charge is -2.51. The first-order chi connectivity index (χ1) is 16.5. The first-order valence-corrected chi connectivity index (χ1v) is 13.1. The Morgan fingerprint density at radius 3 is 2.74 bits per heavy atom. The number of epoxide rings is 1. The first kappa shape index (κ1) is 22.4. The van der Waals surface area contributed by atoms with Crippen LogP contribution in [0.4, 0.5) is 0 Å². The van der Waals surface area contributed by atoms with Crippen LogP contribution in [0, 0.1) is 30.1 Å². The lowest BCUT2D eigenvalue weighted by molar-refractivity contribution is -0.147. The Labute approximate surface area is 202 Å². The SMILES string of the molecule is Cc1ccc([C@@H](CCNC[C@H]2C(=O)O[C@@H]3C[C@@]4(C)CCC[C@@]5(CO5)[C@@H]4C[C@@H]32)c2ccco2)cc1. The minimum atomic E-state index is -0.0475. The molecule has 0 amide bonds. The Balaban J connectivity index is 1.09. The van der Waals surface area contributed by atoms with Crippen molar-refractivity contribution in [1.29, 1.82) is 0 Å². The Morgan fingerprint density at radius 2 is 2.00 bits per heavy atom. The van der Waals surface area contributed by atoms with E-state index in [0.717, 1.165) is 38.2 Å². The minimum absolute atomic E-state index is 0.00312. The molecule has 6 rings (SSSR count). The molecular weight excluding hydrogens is 426 g/mol. The predicted octanol–water partition coefficient (Wildman–Crippen LogP) is 5.23. The molecule has 2 aliphatic heterocycles. The van der Waals surface area contributed by atoms with E-state index in [4.69, 9.17) is 13.9 Å². The molecule has 2 saturated carbocycles. The van der Waals surface area contributed by atoms with Crippen molar-refractivity contribution in [3.05, 3.63) is 59.5 Å². The molecule has 1 aromatic carbocycles. The van der Waals surface area contributed by atoms with Crippen molar-refractivity contribution in [2.45, 2.75) is 70.0 Å². The summed E-state index contributed by atoms with van der Waals surface area (Å²) in [6.07, 6.45) is 8.48. The lowest BCUT2D eigenvalue weighted by Crippen LogP contribution is -2.51. The Morgan fingerprint density at radius 1 is 1.18 bits per heavy atom. The number of esters is 1. The van der Waals surface area contributed by atoms with Crippen LogP contribution >= 0.6 is 0 Å². The third-order valence-electron chi connectivity index (χ3n) is 9.42. The van der Waals surface area contributed by atoms with Gasteiger partial charge in [0.25, 0.3) is 0 Å². The molecule has 0 unspecified atom stereocenters. The molecule has 1 aromatic heterocycles. The molecule has 2 aromatic rings. The maximum absolute atomic E-state index is 12.9. The van der Waals surface area contributed by atoms with Crippen molar-refractivity contribution in [2.75, 3.05) is 19.7 Å². The minimum Gasteiger partial charge on any atom is -0.469 e. The third-order valence-corrected chi connectivity index (χ3v) is 9.42. The molecule has 2 saturated heterocycles. The summed E-state index contributed by atoms with van der Waals surface area (Å²) in [7, 11) is 0. The average Bonchev–Trinajstić information content (AvgIpc) is 3.24. The quantitative estimate of drug-likeness (QED) is 0.346. The van der Waals surface area contributed by atoms with Crippen molar-refractivity contribution >= 4 is 5.97 Å². The molecule has 5 heteroatoms. The van der Waals surface area contributed by atoms with Gasteiger partial charge in [0.05, 0.1) is 24.4 Å². The van der Waals surface area contributed by atoms with Gasteiger partial charge in [0.15, 0.2) is 0 Å². The van der Waals surface area contributed by atoms with Gasteiger partial charge in [-0.1, -0.05) is 36.8 Å². The highest BCUT2D eigenvalue weighted by atomic mass is 16.6. The summed E-state index contributed by atoms with van der Waals surface area (Å²) in [6.45, 7) is 6.95. The molecule has 4 fully saturated rings. The second kappa shape index (κ2) is 8.53. The van der Waals surface area contributed by atoms with Crippen molar-refractivity contribution in [3.8, 4) is 0 Å². The number of carbonyl (C=O) groups is 1. The van der Waals surface area contributed by atoms with Gasteiger partial charge in [-0.25, -0.2) is 0 Å². The highest BCUT2D eigenvalue weighted by molar-refractivity contribution is 5.75. The largest absolute Gasteiger partial charge is 0.469 e. The Hall–Kier alpha value is -2.11. The van der Waals surface area contributed by atoms with E-state index in [0.29, 0.717) is 18.4 Å². The average molecular weight is 464 g/mol. The molecule has 0 radical (unpaired) electrons. The van der Waals surface area contributed by atoms with Crippen LogP contribution in [0.25, 0.3) is 0 Å². The molecule has 0 bridgehead atoms. The number of nitrogens with one attached hydrogen (secondary N) is 1. The van der Waals surface area contributed by atoms with Crippen LogP contribution < -0.4 is 5.32 Å². The van der Waals surface area contributed by atoms with E-state index in [1.165, 1.54) is 30.4 Å². The highest BCUT2D eigenvalue weighted by Crippen LogP contribution is 2.62. The summed E-state index contributed by atoms with van der Waals surface area (Å²) in [5.41, 5.74) is 2.88. The number of carbonyl (C=O) groups excluding carboxylic acids is 1. The summed E-state index contributed by atoms with van der Waals surface area (Å²) in [5, 5.41) is 3.61. The fraction of sp³-hybridized carbons (Fsp3) is 0.621. The van der Waals surface area contributed by atoms with E-state index >= 15 is 0 Å². The van der Waals surface area contributed by atoms with Gasteiger partial charge in [0.1, 0.15) is 11.9 Å². The summed E-state index contributed by atoms with van der Waals surface area (Å²) in [5.74, 6) is 2.03. The number of hydrogen-bond acceptors (Lipinski definition) is 5. The maximum Gasteiger partial charge on any atom is 0.310 e. The van der Waals surface area contributed by atoms with Gasteiger partial charge in [-0.3, -0.25) is 4.79 Å². The van der Waals surface area contributed by atoms with Gasteiger partial charge >= 0.3 is 5.97 Å². The molecule has 1 spiro atoms. The maximum atomic E-state index is 12.9. The van der Waals surface area contributed by atoms with Crippen LogP contribution in [0.1, 0.15) is 68.3 Å². The molecule has 34 heavy (non-hydrogen) atoms. The Kier molecular flexibility index (Phi) is 5.61. The second-order valence-corrected chi connectivity index (χ2v) is 11.6. The fourth-order valence-electron chi connectivity index (χ4n) is 7.46. The number of furan rings is 1. The summed E-state index contributed by atoms with van der Waals surface area (Å²) in [6, 6.07) is 12.7. The van der Waals surface area contributed by atoms with Gasteiger partial charge in [0.2, 0.25) is 0 Å². The highest BCUT2D eigenvalue weighted by Gasteiger charge is 2.64. The molecule has 1 N–H and O–H groups in total. The number of hydrogen-bond donors (Lipinski definition) is 1. The second-order valence-electron chi connectivity index (χ2n) is 11.6. The standard InChI is InChI=1S/C29H37NO4/c1-19-6-8-20(9-7-19)21(24-5-3-14-32-24)10-13-30-17-23-22-15-26-28(2,16-25(22)34-27(23)31)11-4-12-29(26)18-33-29/h3,5-9,14,21-23,25-26,30H,4,10-13,15-18H2,1-2H3/t21-,22-,23-,25-,26-,28-,29-/m1/s1. The van der Waals surface area contributed by atoms with Gasteiger partial charge in [-0.15, -0.1) is 0 Å². The summed E-state index contributed by atoms with van der Waals surface area (Å²) in [4.78, 5) is 12.9. The molecule has 182 valence electrons. The van der Waals surface area contributed by atoms with Crippen LogP contribution in [0.3, 0.4) is 0 Å². The van der Waals surface area contributed by atoms with Crippen molar-refractivity contribution in [3.63, 3.8) is 0 Å². The Bertz CT molecular complexity index is 1010. The van der Waals surface area contributed by atoms with Crippen molar-refractivity contribution in [2.24, 2.45) is 23.2 Å². The third kappa shape index (κ3) is 3.91. The van der Waals surface area contributed by atoms with E-state index in [9.17, 15) is 4.79 Å². The molecule has 4 aliphatic rings. The zero-order valence-corrected chi connectivity index (χ0v) is 20.4. The smallest absolute Gasteiger partial charge is 0.310 e. The number of aryl methyl sites for hydroxylation is 1. The summed E-state index contributed by atoms with van der Waals surface area (Å²) >= 11 is 0. The van der Waals surface area contributed by atoms with Gasteiger partial charge in [0, 0.05) is 18.4 Å². The van der Waals surface area contributed by atoms with Crippen LogP contribution in [0.5, 0.6) is 0 Å². The van der Waals surface area contributed by atoms with Crippen LogP contribution in [0.15, 0.2) is 47.1 Å². The van der Waals surface area contributed by atoms with E-state index in [1.807, 2.05) is 6.07 Å². The molecule has 2 aliphatic carbocycles. The lowest BCUT2D eigenvalue weighted by atomic mass is 9.53. The van der Waals surface area contributed by atoms with E-state index in [-0.39, 0.29) is 34.9 Å². The normalized spacial score (nSPS) is 37.2. The topological polar surface area (TPSA) is 64.0 Å². The molecule has 5 nitrogen and oxygen atoms in total.